The van der Waals surface area contributed by atoms with Gasteiger partial charge in [0.1, 0.15) is 4.90 Å². The molecule has 7 nitrogen and oxygen atoms in total. The van der Waals surface area contributed by atoms with Gasteiger partial charge in [0.2, 0.25) is 10.0 Å². The van der Waals surface area contributed by atoms with Crippen molar-refractivity contribution in [2.75, 3.05) is 6.54 Å². The maximum absolute atomic E-state index is 12.2. The number of hydrogen-bond donors (Lipinski definition) is 3. The van der Waals surface area contributed by atoms with Gasteiger partial charge in [0.15, 0.2) is 5.69 Å². The fourth-order valence-electron chi connectivity index (χ4n) is 2.88. The second kappa shape index (κ2) is 5.76. The van der Waals surface area contributed by atoms with Crippen LogP contribution >= 0.6 is 0 Å². The number of primary sulfonamides is 1. The Morgan fingerprint density at radius 3 is 2.57 bits per heavy atom. The third-order valence-corrected chi connectivity index (χ3v) is 5.20. The fraction of sp³-hybridized carbons (Fsp3) is 0.692. The molecule has 1 aromatic heterocycles. The van der Waals surface area contributed by atoms with Crippen molar-refractivity contribution in [3.63, 3.8) is 0 Å². The Hall–Kier alpha value is -1.41. The van der Waals surface area contributed by atoms with E-state index in [9.17, 15) is 13.2 Å². The lowest BCUT2D eigenvalue weighted by Crippen LogP contribution is -2.37. The second-order valence-corrected chi connectivity index (χ2v) is 7.62. The molecule has 1 amide bonds. The highest BCUT2D eigenvalue weighted by molar-refractivity contribution is 7.89. The van der Waals surface area contributed by atoms with Crippen molar-refractivity contribution in [2.24, 2.45) is 10.6 Å². The molecule has 4 N–H and O–H groups in total. The zero-order chi connectivity index (χ0) is 15.7. The molecule has 21 heavy (non-hydrogen) atoms. The predicted molar refractivity (Wildman–Crippen MR) is 78.2 cm³/mol. The van der Waals surface area contributed by atoms with Gasteiger partial charge in [0.05, 0.1) is 5.69 Å². The van der Waals surface area contributed by atoms with Gasteiger partial charge in [0, 0.05) is 6.54 Å². The van der Waals surface area contributed by atoms with Gasteiger partial charge in [-0.2, -0.15) is 5.10 Å². The van der Waals surface area contributed by atoms with Crippen molar-refractivity contribution in [3.05, 3.63) is 11.4 Å². The third-order valence-electron chi connectivity index (χ3n) is 4.13. The highest BCUT2D eigenvalue weighted by atomic mass is 32.2. The van der Waals surface area contributed by atoms with Crippen LogP contribution in [0.3, 0.4) is 0 Å². The molecule has 1 heterocycles. The van der Waals surface area contributed by atoms with E-state index < -0.39 is 15.9 Å². The van der Waals surface area contributed by atoms with Crippen LogP contribution in [0.25, 0.3) is 0 Å². The Balaban J connectivity index is 2.11. The Bertz CT molecular complexity index is 630. The average molecular weight is 314 g/mol. The van der Waals surface area contributed by atoms with Crippen molar-refractivity contribution in [1.82, 2.24) is 15.5 Å². The molecule has 0 aromatic carbocycles. The summed E-state index contributed by atoms with van der Waals surface area (Å²) < 4.78 is 23.1. The first kappa shape index (κ1) is 16.0. The van der Waals surface area contributed by atoms with Gasteiger partial charge in [0.25, 0.3) is 5.91 Å². The van der Waals surface area contributed by atoms with E-state index in [1.54, 1.807) is 0 Å². The maximum atomic E-state index is 12.2. The number of nitrogens with zero attached hydrogens (tertiary/aromatic N) is 1. The zero-order valence-electron chi connectivity index (χ0n) is 12.4. The van der Waals surface area contributed by atoms with Crippen molar-refractivity contribution in [2.45, 2.75) is 50.8 Å². The third kappa shape index (κ3) is 3.62. The lowest BCUT2D eigenvalue weighted by Gasteiger charge is -2.33. The zero-order valence-corrected chi connectivity index (χ0v) is 13.2. The van der Waals surface area contributed by atoms with E-state index in [1.807, 2.05) is 0 Å². The van der Waals surface area contributed by atoms with E-state index in [1.165, 1.54) is 13.3 Å². The topological polar surface area (TPSA) is 118 Å². The van der Waals surface area contributed by atoms with E-state index in [0.29, 0.717) is 6.54 Å². The first-order chi connectivity index (χ1) is 9.73. The molecule has 1 aromatic rings. The van der Waals surface area contributed by atoms with E-state index >= 15 is 0 Å². The summed E-state index contributed by atoms with van der Waals surface area (Å²) in [5.41, 5.74) is 0.182. The van der Waals surface area contributed by atoms with Gasteiger partial charge in [-0.3, -0.25) is 9.89 Å². The lowest BCUT2D eigenvalue weighted by molar-refractivity contribution is 0.0911. The minimum absolute atomic E-state index is 0.0705. The molecule has 1 fully saturated rings. The van der Waals surface area contributed by atoms with E-state index in [0.717, 1.165) is 25.7 Å². The first-order valence-electron chi connectivity index (χ1n) is 7.09. The number of nitrogens with one attached hydrogen (secondary N) is 2. The van der Waals surface area contributed by atoms with Crippen LogP contribution in [0.4, 0.5) is 0 Å². The van der Waals surface area contributed by atoms with Crippen LogP contribution in [0, 0.1) is 12.3 Å². The van der Waals surface area contributed by atoms with Crippen molar-refractivity contribution >= 4 is 15.9 Å². The highest BCUT2D eigenvalue weighted by Gasteiger charge is 2.30. The maximum Gasteiger partial charge on any atom is 0.273 e. The van der Waals surface area contributed by atoms with Gasteiger partial charge in [-0.15, -0.1) is 0 Å². The molecule has 0 bridgehead atoms. The molecule has 0 unspecified atom stereocenters. The number of aryl methyl sites for hydroxylation is 1. The predicted octanol–water partition coefficient (Wildman–Crippen LogP) is 1.07. The number of rotatable bonds is 4. The minimum Gasteiger partial charge on any atom is -0.350 e. The normalized spacial score (nSPS) is 18.4. The van der Waals surface area contributed by atoms with Crippen molar-refractivity contribution in [3.8, 4) is 0 Å². The number of nitrogens with two attached hydrogens (primary N) is 1. The Labute approximate surface area is 124 Å². The smallest absolute Gasteiger partial charge is 0.273 e. The van der Waals surface area contributed by atoms with Gasteiger partial charge >= 0.3 is 0 Å². The Kier molecular flexibility index (Phi) is 4.38. The van der Waals surface area contributed by atoms with Crippen LogP contribution in [0.2, 0.25) is 0 Å². The summed E-state index contributed by atoms with van der Waals surface area (Å²) in [7, 11) is -3.98. The SMILES string of the molecule is Cc1[nH]nc(C(=O)NCC2(C)CCCCC2)c1S(N)(=O)=O. The van der Waals surface area contributed by atoms with E-state index in [4.69, 9.17) is 5.14 Å². The van der Waals surface area contributed by atoms with E-state index in [-0.39, 0.29) is 21.7 Å². The molecule has 8 heteroatoms. The van der Waals surface area contributed by atoms with Gasteiger partial charge in [-0.1, -0.05) is 26.2 Å². The number of carbonyl (C=O) groups is 1. The molecule has 1 aliphatic rings. The van der Waals surface area contributed by atoms with Crippen LogP contribution < -0.4 is 10.5 Å². The second-order valence-electron chi connectivity index (χ2n) is 6.13. The summed E-state index contributed by atoms with van der Waals surface area (Å²) >= 11 is 0. The monoisotopic (exact) mass is 314 g/mol. The fourth-order valence-corrected chi connectivity index (χ4v) is 3.76. The molecule has 0 saturated heterocycles. The summed E-state index contributed by atoms with van der Waals surface area (Å²) in [5, 5.41) is 14.2. The number of H-pyrrole nitrogens is 1. The van der Waals surface area contributed by atoms with E-state index in [2.05, 4.69) is 22.4 Å². The first-order valence-corrected chi connectivity index (χ1v) is 8.64. The van der Waals surface area contributed by atoms with Crippen LogP contribution in [0.5, 0.6) is 0 Å². The summed E-state index contributed by atoms with van der Waals surface area (Å²) in [5.74, 6) is -0.504. The summed E-state index contributed by atoms with van der Waals surface area (Å²) in [4.78, 5) is 12.0. The number of hydrogen-bond acceptors (Lipinski definition) is 4. The molecule has 0 radical (unpaired) electrons. The molecule has 1 aliphatic carbocycles. The van der Waals surface area contributed by atoms with Crippen LogP contribution in [-0.4, -0.2) is 31.1 Å². The standard InChI is InChI=1S/C13H22N4O3S/c1-9-11(21(14,19)20)10(17-16-9)12(18)15-8-13(2)6-4-3-5-7-13/h3-8H2,1-2H3,(H,15,18)(H,16,17)(H2,14,19,20). The van der Waals surface area contributed by atoms with Gasteiger partial charge < -0.3 is 5.32 Å². The number of sulfonamides is 1. The number of amides is 1. The highest BCUT2D eigenvalue weighted by Crippen LogP contribution is 2.35. The molecule has 1 saturated carbocycles. The largest absolute Gasteiger partial charge is 0.350 e. The molecule has 0 atom stereocenters. The van der Waals surface area contributed by atoms with Crippen molar-refractivity contribution < 1.29 is 13.2 Å². The van der Waals surface area contributed by atoms with Gasteiger partial charge in [-0.05, 0) is 25.2 Å². The molecule has 118 valence electrons. The van der Waals surface area contributed by atoms with Crippen LogP contribution in [0.15, 0.2) is 4.90 Å². The van der Waals surface area contributed by atoms with Crippen LogP contribution in [0.1, 0.15) is 55.2 Å². The summed E-state index contributed by atoms with van der Waals surface area (Å²) in [6.07, 6.45) is 5.69. The van der Waals surface area contributed by atoms with Crippen LogP contribution in [-0.2, 0) is 10.0 Å². The molecule has 0 spiro atoms. The average Bonchev–Trinajstić information content (AvgIpc) is 2.79. The molecular weight excluding hydrogens is 292 g/mol. The Morgan fingerprint density at radius 1 is 1.38 bits per heavy atom. The minimum atomic E-state index is -3.98. The molecule has 0 aliphatic heterocycles. The number of aromatic amines is 1. The summed E-state index contributed by atoms with van der Waals surface area (Å²) in [6.45, 7) is 4.18. The summed E-state index contributed by atoms with van der Waals surface area (Å²) in [6, 6.07) is 0. The molecule has 2 rings (SSSR count). The lowest BCUT2D eigenvalue weighted by atomic mass is 9.76. The Morgan fingerprint density at radius 2 is 2.00 bits per heavy atom. The quantitative estimate of drug-likeness (QED) is 0.770. The van der Waals surface area contributed by atoms with Crippen molar-refractivity contribution in [1.29, 1.82) is 0 Å². The number of aromatic nitrogens is 2. The molecular formula is C13H22N4O3S. The number of carbonyl (C=O) groups excluding carboxylic acids is 1. The van der Waals surface area contributed by atoms with Gasteiger partial charge in [-0.25, -0.2) is 13.6 Å².